The first-order chi connectivity index (χ1) is 13.2. The zero-order valence-electron chi connectivity index (χ0n) is 15.2. The predicted octanol–water partition coefficient (Wildman–Crippen LogP) is 2.48. The third kappa shape index (κ3) is 4.81. The van der Waals surface area contributed by atoms with Crippen molar-refractivity contribution in [3.05, 3.63) is 65.5 Å². The molecule has 9 heteroatoms. The quantitative estimate of drug-likeness (QED) is 0.583. The van der Waals surface area contributed by atoms with Gasteiger partial charge in [-0.3, -0.25) is 0 Å². The number of nitrogens with two attached hydrogens (primary N) is 2. The topological polar surface area (TPSA) is 124 Å². The van der Waals surface area contributed by atoms with Crippen LogP contribution in [0.2, 0.25) is 0 Å². The van der Waals surface area contributed by atoms with Crippen molar-refractivity contribution in [3.63, 3.8) is 0 Å². The lowest BCUT2D eigenvalue weighted by molar-refractivity contribution is 0.597. The van der Waals surface area contributed by atoms with Crippen molar-refractivity contribution < 1.29 is 12.8 Å². The Labute approximate surface area is 162 Å². The highest BCUT2D eigenvalue weighted by Gasteiger charge is 2.09. The van der Waals surface area contributed by atoms with E-state index in [0.29, 0.717) is 30.0 Å². The van der Waals surface area contributed by atoms with Crippen LogP contribution in [-0.2, 0) is 16.4 Å². The summed E-state index contributed by atoms with van der Waals surface area (Å²) in [4.78, 5) is 8.42. The molecule has 0 unspecified atom stereocenters. The molecule has 0 fully saturated rings. The molecule has 7 nitrogen and oxygen atoms in total. The van der Waals surface area contributed by atoms with Crippen LogP contribution in [0.1, 0.15) is 11.1 Å². The summed E-state index contributed by atoms with van der Waals surface area (Å²) in [5, 5.41) is 8.24. The number of aryl methyl sites for hydroxylation is 1. The summed E-state index contributed by atoms with van der Waals surface area (Å²) in [6, 6.07) is 12.5. The van der Waals surface area contributed by atoms with Gasteiger partial charge in [-0.25, -0.2) is 22.9 Å². The molecule has 5 N–H and O–H groups in total. The molecule has 0 aliphatic heterocycles. The zero-order chi connectivity index (χ0) is 20.3. The molecule has 0 bridgehead atoms. The van der Waals surface area contributed by atoms with Crippen LogP contribution in [0.3, 0.4) is 0 Å². The van der Waals surface area contributed by atoms with E-state index in [1.54, 1.807) is 24.3 Å². The highest BCUT2D eigenvalue weighted by atomic mass is 32.2. The Morgan fingerprint density at radius 1 is 1.07 bits per heavy atom. The van der Waals surface area contributed by atoms with Crippen LogP contribution in [0.5, 0.6) is 0 Å². The fourth-order valence-electron chi connectivity index (χ4n) is 2.75. The SMILES string of the molecule is Cc1ccc(F)cc1-c1cc(NCCc2ccc(S(N)(=O)=O)cc2)nc(N)n1. The van der Waals surface area contributed by atoms with Gasteiger partial charge in [0.15, 0.2) is 0 Å². The summed E-state index contributed by atoms with van der Waals surface area (Å²) in [6.07, 6.45) is 0.628. The Kier molecular flexibility index (Phi) is 5.57. The van der Waals surface area contributed by atoms with Crippen LogP contribution in [0.15, 0.2) is 53.4 Å². The summed E-state index contributed by atoms with van der Waals surface area (Å²) in [7, 11) is -3.70. The first kappa shape index (κ1) is 19.7. The molecule has 0 atom stereocenters. The number of aromatic nitrogens is 2. The first-order valence-electron chi connectivity index (χ1n) is 8.49. The predicted molar refractivity (Wildman–Crippen MR) is 107 cm³/mol. The van der Waals surface area contributed by atoms with E-state index in [4.69, 9.17) is 10.9 Å². The standard InChI is InChI=1S/C19H20FN5O2S/c1-12-2-5-14(20)10-16(12)17-11-18(25-19(21)24-17)23-9-8-13-3-6-15(7-4-13)28(22,26)27/h2-7,10-11H,8-9H2,1H3,(H2,22,26,27)(H3,21,23,24,25). The number of rotatable bonds is 6. The smallest absolute Gasteiger partial charge is 0.238 e. The maximum absolute atomic E-state index is 13.6. The lowest BCUT2D eigenvalue weighted by Gasteiger charge is -2.10. The fraction of sp³-hybridized carbons (Fsp3) is 0.158. The monoisotopic (exact) mass is 401 g/mol. The summed E-state index contributed by atoms with van der Waals surface area (Å²) < 4.78 is 36.2. The molecule has 3 rings (SSSR count). The van der Waals surface area contributed by atoms with Gasteiger partial charge in [-0.05, 0) is 48.7 Å². The molecule has 0 saturated carbocycles. The van der Waals surface area contributed by atoms with Gasteiger partial charge in [0.25, 0.3) is 0 Å². The molecule has 0 spiro atoms. The van der Waals surface area contributed by atoms with Crippen molar-refractivity contribution >= 4 is 21.8 Å². The second-order valence-electron chi connectivity index (χ2n) is 6.32. The van der Waals surface area contributed by atoms with Gasteiger partial charge in [0.05, 0.1) is 10.6 Å². The number of anilines is 2. The molecule has 3 aromatic rings. The Morgan fingerprint density at radius 3 is 2.46 bits per heavy atom. The van der Waals surface area contributed by atoms with E-state index in [9.17, 15) is 12.8 Å². The van der Waals surface area contributed by atoms with E-state index in [-0.39, 0.29) is 16.7 Å². The number of nitrogens with one attached hydrogen (secondary N) is 1. The Bertz CT molecular complexity index is 1100. The van der Waals surface area contributed by atoms with Crippen molar-refractivity contribution in [2.75, 3.05) is 17.6 Å². The normalized spacial score (nSPS) is 11.4. The molecule has 0 aliphatic rings. The summed E-state index contributed by atoms with van der Waals surface area (Å²) in [5.74, 6) is 0.253. The second-order valence-corrected chi connectivity index (χ2v) is 7.88. The summed E-state index contributed by atoms with van der Waals surface area (Å²) in [6.45, 7) is 2.40. The van der Waals surface area contributed by atoms with Gasteiger partial charge in [0.2, 0.25) is 16.0 Å². The number of hydrogen-bond donors (Lipinski definition) is 3. The maximum Gasteiger partial charge on any atom is 0.238 e. The van der Waals surface area contributed by atoms with Crippen LogP contribution in [0.25, 0.3) is 11.3 Å². The largest absolute Gasteiger partial charge is 0.370 e. The first-order valence-corrected chi connectivity index (χ1v) is 10.0. The lowest BCUT2D eigenvalue weighted by atomic mass is 10.1. The van der Waals surface area contributed by atoms with Gasteiger partial charge < -0.3 is 11.1 Å². The van der Waals surface area contributed by atoms with Gasteiger partial charge in [0.1, 0.15) is 11.6 Å². The molecule has 1 aromatic heterocycles. The van der Waals surface area contributed by atoms with Gasteiger partial charge in [-0.1, -0.05) is 18.2 Å². The number of sulfonamides is 1. The van der Waals surface area contributed by atoms with Gasteiger partial charge >= 0.3 is 0 Å². The average molecular weight is 401 g/mol. The zero-order valence-corrected chi connectivity index (χ0v) is 16.0. The number of nitrogens with zero attached hydrogens (tertiary/aromatic N) is 2. The summed E-state index contributed by atoms with van der Waals surface area (Å²) >= 11 is 0. The van der Waals surface area contributed by atoms with E-state index in [0.717, 1.165) is 11.1 Å². The van der Waals surface area contributed by atoms with E-state index in [1.165, 1.54) is 24.3 Å². The number of hydrogen-bond acceptors (Lipinski definition) is 6. The molecule has 1 heterocycles. The number of nitrogen functional groups attached to an aromatic ring is 1. The minimum Gasteiger partial charge on any atom is -0.370 e. The van der Waals surface area contributed by atoms with Crippen molar-refractivity contribution in [2.45, 2.75) is 18.2 Å². The number of primary sulfonamides is 1. The van der Waals surface area contributed by atoms with Crippen LogP contribution >= 0.6 is 0 Å². The molecular formula is C19H20FN5O2S. The number of halogens is 1. The van der Waals surface area contributed by atoms with Gasteiger partial charge in [-0.15, -0.1) is 0 Å². The minimum atomic E-state index is -3.70. The van der Waals surface area contributed by atoms with Crippen molar-refractivity contribution in [1.82, 2.24) is 9.97 Å². The molecule has 0 saturated heterocycles. The van der Waals surface area contributed by atoms with Gasteiger partial charge in [0, 0.05) is 18.2 Å². The Morgan fingerprint density at radius 2 is 1.79 bits per heavy atom. The second kappa shape index (κ2) is 7.91. The van der Waals surface area contributed by atoms with Crippen LogP contribution in [0.4, 0.5) is 16.2 Å². The molecule has 2 aromatic carbocycles. The lowest BCUT2D eigenvalue weighted by Crippen LogP contribution is -2.12. The van der Waals surface area contributed by atoms with Crippen molar-refractivity contribution in [3.8, 4) is 11.3 Å². The van der Waals surface area contributed by atoms with Crippen molar-refractivity contribution in [2.24, 2.45) is 5.14 Å². The third-order valence-electron chi connectivity index (χ3n) is 4.19. The molecule has 28 heavy (non-hydrogen) atoms. The maximum atomic E-state index is 13.6. The molecule has 0 radical (unpaired) electrons. The average Bonchev–Trinajstić information content (AvgIpc) is 2.63. The van der Waals surface area contributed by atoms with E-state index in [1.807, 2.05) is 6.92 Å². The van der Waals surface area contributed by atoms with Crippen molar-refractivity contribution in [1.29, 1.82) is 0 Å². The summed E-state index contributed by atoms with van der Waals surface area (Å²) in [5.41, 5.74) is 8.79. The molecule has 0 aliphatic carbocycles. The molecular weight excluding hydrogens is 381 g/mol. The number of benzene rings is 2. The third-order valence-corrected chi connectivity index (χ3v) is 5.12. The fourth-order valence-corrected chi connectivity index (χ4v) is 3.26. The highest BCUT2D eigenvalue weighted by Crippen LogP contribution is 2.25. The Balaban J connectivity index is 1.71. The van der Waals surface area contributed by atoms with E-state index >= 15 is 0 Å². The minimum absolute atomic E-state index is 0.0721. The van der Waals surface area contributed by atoms with Crippen LogP contribution < -0.4 is 16.2 Å². The van der Waals surface area contributed by atoms with Crippen LogP contribution in [0, 0.1) is 12.7 Å². The Hall–Kier alpha value is -3.04. The van der Waals surface area contributed by atoms with Gasteiger partial charge in [-0.2, -0.15) is 4.98 Å². The molecule has 0 amide bonds. The van der Waals surface area contributed by atoms with E-state index in [2.05, 4.69) is 15.3 Å². The van der Waals surface area contributed by atoms with Crippen LogP contribution in [-0.4, -0.2) is 24.9 Å². The van der Waals surface area contributed by atoms with E-state index < -0.39 is 10.0 Å². The molecule has 146 valence electrons. The highest BCUT2D eigenvalue weighted by molar-refractivity contribution is 7.89.